The first kappa shape index (κ1) is 23.4. The number of amides is 3. The summed E-state index contributed by atoms with van der Waals surface area (Å²) in [6, 6.07) is 3.76. The maximum Gasteiger partial charge on any atom is 0.261 e. The normalized spacial score (nSPS) is 27.7. The maximum absolute atomic E-state index is 13.3. The number of ether oxygens (including phenoxy) is 3. The number of aldehydes is 1. The molecule has 0 aromatic heterocycles. The lowest BCUT2D eigenvalue weighted by atomic mass is 9.92. The summed E-state index contributed by atoms with van der Waals surface area (Å²) >= 11 is 0. The summed E-state index contributed by atoms with van der Waals surface area (Å²) in [7, 11) is 0. The van der Waals surface area contributed by atoms with E-state index in [1.165, 1.54) is 0 Å². The van der Waals surface area contributed by atoms with E-state index < -0.39 is 12.1 Å². The number of rotatable bonds is 8. The Morgan fingerprint density at radius 3 is 2.80 bits per heavy atom. The van der Waals surface area contributed by atoms with E-state index in [2.05, 4.69) is 10.6 Å². The van der Waals surface area contributed by atoms with Crippen molar-refractivity contribution in [2.75, 3.05) is 32.9 Å². The van der Waals surface area contributed by atoms with Gasteiger partial charge in [0.2, 0.25) is 11.8 Å². The Balaban J connectivity index is 1.23. The van der Waals surface area contributed by atoms with Gasteiger partial charge in [-0.25, -0.2) is 0 Å². The molecule has 35 heavy (non-hydrogen) atoms. The molecule has 1 saturated carbocycles. The number of hydrogen-bond acceptors (Lipinski definition) is 7. The molecule has 188 valence electrons. The Bertz CT molecular complexity index is 999. The van der Waals surface area contributed by atoms with E-state index in [-0.39, 0.29) is 48.5 Å². The van der Waals surface area contributed by atoms with Gasteiger partial charge in [0.05, 0.1) is 6.04 Å². The lowest BCUT2D eigenvalue weighted by Crippen LogP contribution is -2.52. The summed E-state index contributed by atoms with van der Waals surface area (Å²) in [6.07, 6.45) is 4.46. The highest BCUT2D eigenvalue weighted by atomic mass is 16.6. The number of nitrogens with one attached hydrogen (secondary N) is 2. The Labute approximate surface area is 203 Å². The van der Waals surface area contributed by atoms with E-state index in [9.17, 15) is 19.2 Å². The third kappa shape index (κ3) is 4.92. The molecule has 4 aliphatic rings. The average molecular weight is 486 g/mol. The largest absolute Gasteiger partial charge is 0.486 e. The van der Waals surface area contributed by atoms with Crippen LogP contribution in [0.4, 0.5) is 0 Å². The van der Waals surface area contributed by atoms with Crippen molar-refractivity contribution in [2.45, 2.75) is 44.2 Å². The van der Waals surface area contributed by atoms with E-state index in [4.69, 9.17) is 14.2 Å². The van der Waals surface area contributed by atoms with Crippen molar-refractivity contribution in [2.24, 2.45) is 17.8 Å². The first-order valence-electron chi connectivity index (χ1n) is 12.4. The molecule has 1 aromatic rings. The molecular weight excluding hydrogens is 454 g/mol. The highest BCUT2D eigenvalue weighted by Gasteiger charge is 2.49. The van der Waals surface area contributed by atoms with Crippen molar-refractivity contribution in [3.63, 3.8) is 0 Å². The second-order valence-electron chi connectivity index (χ2n) is 9.70. The van der Waals surface area contributed by atoms with E-state index in [0.29, 0.717) is 56.3 Å². The van der Waals surface area contributed by atoms with Crippen molar-refractivity contribution in [1.82, 2.24) is 15.5 Å². The molecule has 3 fully saturated rings. The molecule has 3 heterocycles. The van der Waals surface area contributed by atoms with Crippen molar-refractivity contribution < 1.29 is 33.4 Å². The predicted octanol–water partition coefficient (Wildman–Crippen LogP) is 0.674. The fourth-order valence-electron chi connectivity index (χ4n) is 5.83. The summed E-state index contributed by atoms with van der Waals surface area (Å²) in [5.74, 6) is 1.05. The first-order valence-corrected chi connectivity index (χ1v) is 12.4. The molecule has 1 aliphatic carbocycles. The maximum atomic E-state index is 13.3. The van der Waals surface area contributed by atoms with Gasteiger partial charge in [0.25, 0.3) is 5.91 Å². The van der Waals surface area contributed by atoms with Gasteiger partial charge in [-0.05, 0) is 49.7 Å². The quantitative estimate of drug-likeness (QED) is 0.519. The van der Waals surface area contributed by atoms with Crippen LogP contribution in [0.25, 0.3) is 0 Å². The zero-order valence-corrected chi connectivity index (χ0v) is 19.6. The predicted molar refractivity (Wildman–Crippen MR) is 123 cm³/mol. The van der Waals surface area contributed by atoms with E-state index in [0.717, 1.165) is 19.3 Å². The Morgan fingerprint density at radius 2 is 2.03 bits per heavy atom. The van der Waals surface area contributed by atoms with Crippen LogP contribution in [0.1, 0.15) is 32.1 Å². The lowest BCUT2D eigenvalue weighted by Gasteiger charge is -2.28. The van der Waals surface area contributed by atoms with Crippen molar-refractivity contribution >= 4 is 24.0 Å². The average Bonchev–Trinajstić information content (AvgIpc) is 3.58. The van der Waals surface area contributed by atoms with Gasteiger partial charge in [0.1, 0.15) is 31.3 Å². The highest BCUT2D eigenvalue weighted by Crippen LogP contribution is 2.42. The molecule has 3 aliphatic heterocycles. The second-order valence-corrected chi connectivity index (χ2v) is 9.70. The molecule has 0 radical (unpaired) electrons. The minimum Gasteiger partial charge on any atom is -0.486 e. The topological polar surface area (TPSA) is 123 Å². The Kier molecular flexibility index (Phi) is 6.79. The molecule has 10 heteroatoms. The van der Waals surface area contributed by atoms with Crippen LogP contribution in [0.15, 0.2) is 18.2 Å². The number of nitrogens with zero attached hydrogens (tertiary/aromatic N) is 1. The minimum absolute atomic E-state index is 0.0651. The third-order valence-corrected chi connectivity index (χ3v) is 7.55. The van der Waals surface area contributed by atoms with Gasteiger partial charge in [0.15, 0.2) is 18.1 Å². The molecule has 0 spiro atoms. The molecule has 2 N–H and O–H groups in total. The number of carbonyl (C=O) groups is 4. The molecule has 5 rings (SSSR count). The van der Waals surface area contributed by atoms with Crippen LogP contribution in [0.3, 0.4) is 0 Å². The summed E-state index contributed by atoms with van der Waals surface area (Å²) in [5.41, 5.74) is 0. The van der Waals surface area contributed by atoms with Crippen LogP contribution in [-0.4, -0.2) is 73.9 Å². The van der Waals surface area contributed by atoms with Gasteiger partial charge in [-0.2, -0.15) is 0 Å². The monoisotopic (exact) mass is 485 g/mol. The van der Waals surface area contributed by atoms with Gasteiger partial charge >= 0.3 is 0 Å². The zero-order valence-electron chi connectivity index (χ0n) is 19.6. The van der Waals surface area contributed by atoms with Gasteiger partial charge < -0.3 is 34.5 Å². The van der Waals surface area contributed by atoms with Gasteiger partial charge in [-0.1, -0.05) is 6.42 Å². The van der Waals surface area contributed by atoms with Crippen molar-refractivity contribution in [1.29, 1.82) is 0 Å². The van der Waals surface area contributed by atoms with E-state index >= 15 is 0 Å². The SMILES string of the molecule is O=C[C@H](C[C@@H]1CCNC1=O)NC(=O)[C@H]1C2CCCC2CN1C(=O)COc1ccc2c(c1)OCCO2. The Hall–Kier alpha value is -3.30. The van der Waals surface area contributed by atoms with E-state index in [1.54, 1.807) is 23.1 Å². The summed E-state index contributed by atoms with van der Waals surface area (Å²) in [5, 5.41) is 5.56. The fraction of sp³-hybridized carbons (Fsp3) is 0.600. The fourth-order valence-corrected chi connectivity index (χ4v) is 5.83. The second kappa shape index (κ2) is 10.1. The van der Waals surface area contributed by atoms with Gasteiger partial charge in [-0.15, -0.1) is 0 Å². The zero-order chi connectivity index (χ0) is 24.4. The van der Waals surface area contributed by atoms with Crippen LogP contribution in [0.5, 0.6) is 17.2 Å². The van der Waals surface area contributed by atoms with E-state index in [1.807, 2.05) is 0 Å². The standard InChI is InChI=1S/C25H31N3O7/c29-13-17(10-15-6-7-26-24(15)31)27-25(32)23-19-3-1-2-16(19)12-28(23)22(30)14-35-18-4-5-20-21(11-18)34-9-8-33-20/h4-5,11,13,15-17,19,23H,1-3,6-10,12,14H2,(H,26,31)(H,27,32)/t15-,16?,17-,19?,23+/m0/s1. The lowest BCUT2D eigenvalue weighted by molar-refractivity contribution is -0.141. The Morgan fingerprint density at radius 1 is 1.20 bits per heavy atom. The number of carbonyl (C=O) groups excluding carboxylic acids is 4. The number of benzene rings is 1. The first-order chi connectivity index (χ1) is 17.0. The van der Waals surface area contributed by atoms with Crippen LogP contribution in [-0.2, 0) is 19.2 Å². The van der Waals surface area contributed by atoms with Crippen molar-refractivity contribution in [3.8, 4) is 17.2 Å². The molecule has 3 amide bonds. The molecular formula is C25H31N3O7. The van der Waals surface area contributed by atoms with Crippen LogP contribution in [0, 0.1) is 17.8 Å². The van der Waals surface area contributed by atoms with Crippen LogP contribution in [0.2, 0.25) is 0 Å². The molecule has 0 bridgehead atoms. The summed E-state index contributed by atoms with van der Waals surface area (Å²) in [4.78, 5) is 51.7. The molecule has 2 unspecified atom stereocenters. The summed E-state index contributed by atoms with van der Waals surface area (Å²) in [6.45, 7) is 1.83. The molecule has 5 atom stereocenters. The minimum atomic E-state index is -0.761. The number of fused-ring (bicyclic) bond motifs is 2. The van der Waals surface area contributed by atoms with Crippen LogP contribution < -0.4 is 24.8 Å². The molecule has 10 nitrogen and oxygen atoms in total. The number of hydrogen-bond donors (Lipinski definition) is 2. The summed E-state index contributed by atoms with van der Waals surface area (Å²) < 4.78 is 16.8. The highest BCUT2D eigenvalue weighted by molar-refractivity contribution is 5.91. The molecule has 1 aromatic carbocycles. The van der Waals surface area contributed by atoms with Gasteiger partial charge in [-0.3, -0.25) is 14.4 Å². The van der Waals surface area contributed by atoms with Crippen molar-refractivity contribution in [3.05, 3.63) is 18.2 Å². The van der Waals surface area contributed by atoms with Crippen LogP contribution >= 0.6 is 0 Å². The van der Waals surface area contributed by atoms with Gasteiger partial charge in [0, 0.05) is 25.1 Å². The smallest absolute Gasteiger partial charge is 0.261 e. The third-order valence-electron chi connectivity index (χ3n) is 7.55. The molecule has 2 saturated heterocycles. The number of likely N-dealkylation sites (tertiary alicyclic amines) is 1.